The monoisotopic (exact) mass is 323 g/mol. The number of rotatable bonds is 6. The number of carboxylic acid groups (broad SMARTS) is 1. The summed E-state index contributed by atoms with van der Waals surface area (Å²) >= 11 is 0. The highest BCUT2D eigenvalue weighted by atomic mass is 16.6. The molecule has 1 atom stereocenters. The summed E-state index contributed by atoms with van der Waals surface area (Å²) in [5, 5.41) is 11.3. The van der Waals surface area contributed by atoms with E-state index < -0.39 is 29.9 Å². The van der Waals surface area contributed by atoms with Gasteiger partial charge in [-0.05, 0) is 19.1 Å². The smallest absolute Gasteiger partial charge is 0.346 e. The first kappa shape index (κ1) is 18.1. The summed E-state index contributed by atoms with van der Waals surface area (Å²) in [7, 11) is 0. The van der Waals surface area contributed by atoms with Gasteiger partial charge in [-0.2, -0.15) is 0 Å². The maximum Gasteiger partial charge on any atom is 0.346 e. The van der Waals surface area contributed by atoms with E-state index in [-0.39, 0.29) is 17.9 Å². The molecule has 0 aliphatic heterocycles. The molecule has 1 unspecified atom stereocenters. The lowest BCUT2D eigenvalue weighted by Crippen LogP contribution is -2.39. The van der Waals surface area contributed by atoms with Crippen LogP contribution in [0.1, 0.15) is 29.8 Å². The van der Waals surface area contributed by atoms with E-state index in [4.69, 9.17) is 9.84 Å². The van der Waals surface area contributed by atoms with Crippen LogP contribution in [0.5, 0.6) is 5.75 Å². The fourth-order valence-electron chi connectivity index (χ4n) is 1.79. The van der Waals surface area contributed by atoms with Crippen LogP contribution in [-0.2, 0) is 19.1 Å². The second-order valence-corrected chi connectivity index (χ2v) is 4.67. The lowest BCUT2D eigenvalue weighted by Gasteiger charge is -2.15. The van der Waals surface area contributed by atoms with Gasteiger partial charge in [0.1, 0.15) is 5.75 Å². The van der Waals surface area contributed by atoms with Gasteiger partial charge in [-0.3, -0.25) is 14.4 Å². The zero-order valence-electron chi connectivity index (χ0n) is 12.9. The van der Waals surface area contributed by atoms with Crippen LogP contribution < -0.4 is 10.1 Å². The van der Waals surface area contributed by atoms with Crippen molar-refractivity contribution in [2.24, 2.45) is 0 Å². The second kappa shape index (κ2) is 7.92. The quantitative estimate of drug-likeness (QED) is 0.583. The molecule has 0 fully saturated rings. The maximum atomic E-state index is 12.1. The van der Waals surface area contributed by atoms with Gasteiger partial charge in [-0.25, -0.2) is 4.79 Å². The Morgan fingerprint density at radius 2 is 1.83 bits per heavy atom. The first-order chi connectivity index (χ1) is 10.7. The van der Waals surface area contributed by atoms with E-state index in [1.54, 1.807) is 6.92 Å². The first-order valence-corrected chi connectivity index (χ1v) is 6.68. The van der Waals surface area contributed by atoms with E-state index in [2.05, 4.69) is 10.1 Å². The Hall–Kier alpha value is -2.90. The third-order valence-corrected chi connectivity index (χ3v) is 2.81. The van der Waals surface area contributed by atoms with E-state index >= 15 is 0 Å². The number of benzene rings is 1. The topological polar surface area (TPSA) is 119 Å². The highest BCUT2D eigenvalue weighted by Crippen LogP contribution is 2.21. The number of ether oxygens (including phenoxy) is 2. The fraction of sp³-hybridized carbons (Fsp3) is 0.333. The van der Waals surface area contributed by atoms with E-state index in [0.717, 1.165) is 6.92 Å². The standard InChI is InChI=1S/C15H17NO7/c1-8-11(5-4-6-12(8)22-9(2)17)14(19)16-7-13(15(20)21)23-10(3)18/h4-6,13H,7H2,1-3H3,(H,16,19)(H,20,21). The minimum Gasteiger partial charge on any atom is -0.478 e. The molecule has 0 aromatic heterocycles. The van der Waals surface area contributed by atoms with Crippen LogP contribution in [0.4, 0.5) is 0 Å². The molecule has 0 radical (unpaired) electrons. The van der Waals surface area contributed by atoms with Crippen LogP contribution in [0.25, 0.3) is 0 Å². The lowest BCUT2D eigenvalue weighted by molar-refractivity contribution is -0.161. The number of nitrogens with one attached hydrogen (secondary N) is 1. The van der Waals surface area contributed by atoms with Crippen molar-refractivity contribution in [3.63, 3.8) is 0 Å². The summed E-state index contributed by atoms with van der Waals surface area (Å²) in [4.78, 5) is 44.9. The van der Waals surface area contributed by atoms with Crippen LogP contribution in [0.15, 0.2) is 18.2 Å². The largest absolute Gasteiger partial charge is 0.478 e. The molecule has 1 rings (SSSR count). The molecule has 1 aromatic carbocycles. The number of amides is 1. The Balaban J connectivity index is 2.83. The van der Waals surface area contributed by atoms with Crippen molar-refractivity contribution >= 4 is 23.8 Å². The average molecular weight is 323 g/mol. The van der Waals surface area contributed by atoms with Gasteiger partial charge in [0.25, 0.3) is 5.91 Å². The molecule has 0 aliphatic carbocycles. The Kier molecular flexibility index (Phi) is 6.25. The highest BCUT2D eigenvalue weighted by molar-refractivity contribution is 5.96. The molecular weight excluding hydrogens is 306 g/mol. The summed E-state index contributed by atoms with van der Waals surface area (Å²) in [6, 6.07) is 4.56. The van der Waals surface area contributed by atoms with Crippen LogP contribution in [-0.4, -0.2) is 41.6 Å². The number of carbonyl (C=O) groups excluding carboxylic acids is 3. The molecule has 8 heteroatoms. The molecule has 0 spiro atoms. The number of hydrogen-bond acceptors (Lipinski definition) is 6. The zero-order valence-corrected chi connectivity index (χ0v) is 12.9. The van der Waals surface area contributed by atoms with E-state index in [1.165, 1.54) is 25.1 Å². The molecule has 124 valence electrons. The van der Waals surface area contributed by atoms with Crippen LogP contribution in [0, 0.1) is 6.92 Å². The normalized spacial score (nSPS) is 11.3. The average Bonchev–Trinajstić information content (AvgIpc) is 2.44. The molecule has 23 heavy (non-hydrogen) atoms. The number of hydrogen-bond donors (Lipinski definition) is 2. The van der Waals surface area contributed by atoms with Crippen molar-refractivity contribution in [2.75, 3.05) is 6.54 Å². The van der Waals surface area contributed by atoms with Crippen molar-refractivity contribution in [1.82, 2.24) is 5.32 Å². The highest BCUT2D eigenvalue weighted by Gasteiger charge is 2.22. The number of carboxylic acids is 1. The predicted octanol–water partition coefficient (Wildman–Crippen LogP) is 0.666. The van der Waals surface area contributed by atoms with Gasteiger partial charge in [0, 0.05) is 25.0 Å². The van der Waals surface area contributed by atoms with Crippen molar-refractivity contribution in [3.05, 3.63) is 29.3 Å². The van der Waals surface area contributed by atoms with Crippen LogP contribution in [0.2, 0.25) is 0 Å². The Labute approximate surface area is 132 Å². The van der Waals surface area contributed by atoms with Gasteiger partial charge in [0.15, 0.2) is 0 Å². The summed E-state index contributed by atoms with van der Waals surface area (Å²) in [6.45, 7) is 3.52. The van der Waals surface area contributed by atoms with Crippen molar-refractivity contribution in [1.29, 1.82) is 0 Å². The van der Waals surface area contributed by atoms with Gasteiger partial charge in [-0.1, -0.05) is 6.07 Å². The lowest BCUT2D eigenvalue weighted by atomic mass is 10.1. The maximum absolute atomic E-state index is 12.1. The minimum absolute atomic E-state index is 0.218. The van der Waals surface area contributed by atoms with Crippen molar-refractivity contribution < 1.29 is 33.8 Å². The van der Waals surface area contributed by atoms with Gasteiger partial charge >= 0.3 is 17.9 Å². The molecule has 0 saturated heterocycles. The Bertz CT molecular complexity index is 639. The van der Waals surface area contributed by atoms with Crippen LogP contribution >= 0.6 is 0 Å². The molecule has 2 N–H and O–H groups in total. The number of carbonyl (C=O) groups is 4. The van der Waals surface area contributed by atoms with Crippen LogP contribution in [0.3, 0.4) is 0 Å². The summed E-state index contributed by atoms with van der Waals surface area (Å²) in [5.74, 6) is -2.99. The summed E-state index contributed by atoms with van der Waals surface area (Å²) < 4.78 is 9.55. The molecular formula is C15H17NO7. The van der Waals surface area contributed by atoms with Crippen molar-refractivity contribution in [2.45, 2.75) is 26.9 Å². The number of aliphatic carboxylic acids is 1. The fourth-order valence-corrected chi connectivity index (χ4v) is 1.79. The first-order valence-electron chi connectivity index (χ1n) is 6.68. The third kappa shape index (κ3) is 5.42. The van der Waals surface area contributed by atoms with E-state index in [1.807, 2.05) is 0 Å². The second-order valence-electron chi connectivity index (χ2n) is 4.67. The van der Waals surface area contributed by atoms with Gasteiger partial charge in [0.05, 0.1) is 6.54 Å². The molecule has 0 bridgehead atoms. The zero-order chi connectivity index (χ0) is 17.6. The Morgan fingerprint density at radius 3 is 2.35 bits per heavy atom. The molecule has 0 heterocycles. The van der Waals surface area contributed by atoms with Gasteiger partial charge < -0.3 is 19.9 Å². The SMILES string of the molecule is CC(=O)Oc1cccc(C(=O)NCC(OC(C)=O)C(=O)O)c1C. The van der Waals surface area contributed by atoms with Gasteiger partial charge in [0.2, 0.25) is 6.10 Å². The minimum atomic E-state index is -1.48. The van der Waals surface area contributed by atoms with Gasteiger partial charge in [-0.15, -0.1) is 0 Å². The molecule has 1 amide bonds. The van der Waals surface area contributed by atoms with E-state index in [0.29, 0.717) is 5.56 Å². The van der Waals surface area contributed by atoms with Crippen molar-refractivity contribution in [3.8, 4) is 5.75 Å². The molecule has 0 aliphatic rings. The molecule has 0 saturated carbocycles. The number of esters is 2. The summed E-state index contributed by atoms with van der Waals surface area (Å²) in [6.07, 6.45) is -1.48. The molecule has 8 nitrogen and oxygen atoms in total. The third-order valence-electron chi connectivity index (χ3n) is 2.81. The van der Waals surface area contributed by atoms with E-state index in [9.17, 15) is 19.2 Å². The molecule has 1 aromatic rings. The predicted molar refractivity (Wildman–Crippen MR) is 78.0 cm³/mol. The Morgan fingerprint density at radius 1 is 1.17 bits per heavy atom. The summed E-state index contributed by atoms with van der Waals surface area (Å²) in [5.41, 5.74) is 0.648.